The third-order valence-corrected chi connectivity index (χ3v) is 3.20. The molecular formula is C12H18BrNO2. The van der Waals surface area contributed by atoms with Crippen molar-refractivity contribution in [3.63, 3.8) is 0 Å². The zero-order valence-corrected chi connectivity index (χ0v) is 11.2. The molecule has 0 unspecified atom stereocenters. The first-order chi connectivity index (χ1) is 7.46. The summed E-state index contributed by atoms with van der Waals surface area (Å²) in [6, 6.07) is 5.57. The summed E-state index contributed by atoms with van der Waals surface area (Å²) in [5.74, 6) is 0.273. The Morgan fingerprint density at radius 1 is 1.38 bits per heavy atom. The quantitative estimate of drug-likeness (QED) is 0.780. The van der Waals surface area contributed by atoms with Crippen molar-refractivity contribution in [2.75, 3.05) is 6.61 Å². The first kappa shape index (κ1) is 13.5. The van der Waals surface area contributed by atoms with Crippen LogP contribution in [-0.2, 0) is 6.54 Å². The molecule has 1 aromatic carbocycles. The SMILES string of the molecule is CC(C)(CCO)NCc1cccc(Br)c1O. The highest BCUT2D eigenvalue weighted by Gasteiger charge is 2.16. The van der Waals surface area contributed by atoms with Crippen molar-refractivity contribution in [1.29, 1.82) is 0 Å². The molecule has 90 valence electrons. The van der Waals surface area contributed by atoms with Gasteiger partial charge in [0.15, 0.2) is 0 Å². The molecule has 0 bridgehead atoms. The molecule has 0 saturated heterocycles. The molecule has 0 radical (unpaired) electrons. The van der Waals surface area contributed by atoms with Crippen molar-refractivity contribution in [2.45, 2.75) is 32.4 Å². The normalized spacial score (nSPS) is 11.8. The highest BCUT2D eigenvalue weighted by Crippen LogP contribution is 2.27. The van der Waals surface area contributed by atoms with Gasteiger partial charge in [-0.2, -0.15) is 0 Å². The molecule has 0 heterocycles. The first-order valence-corrected chi connectivity index (χ1v) is 6.08. The van der Waals surface area contributed by atoms with Crippen molar-refractivity contribution < 1.29 is 10.2 Å². The van der Waals surface area contributed by atoms with Crippen LogP contribution >= 0.6 is 15.9 Å². The van der Waals surface area contributed by atoms with Crippen molar-refractivity contribution in [1.82, 2.24) is 5.32 Å². The summed E-state index contributed by atoms with van der Waals surface area (Å²) in [5, 5.41) is 22.0. The molecule has 0 spiro atoms. The lowest BCUT2D eigenvalue weighted by molar-refractivity contribution is 0.229. The molecule has 0 aliphatic carbocycles. The lowest BCUT2D eigenvalue weighted by Crippen LogP contribution is -2.39. The van der Waals surface area contributed by atoms with Crippen molar-refractivity contribution in [3.05, 3.63) is 28.2 Å². The van der Waals surface area contributed by atoms with E-state index < -0.39 is 0 Å². The van der Waals surface area contributed by atoms with Crippen LogP contribution in [0.25, 0.3) is 0 Å². The summed E-state index contributed by atoms with van der Waals surface area (Å²) in [6.45, 7) is 4.79. The van der Waals surface area contributed by atoms with Crippen molar-refractivity contribution >= 4 is 15.9 Å². The number of aliphatic hydroxyl groups is 1. The molecule has 16 heavy (non-hydrogen) atoms. The number of aliphatic hydroxyl groups excluding tert-OH is 1. The minimum atomic E-state index is -0.135. The van der Waals surface area contributed by atoms with Gasteiger partial charge in [0.05, 0.1) is 4.47 Å². The Kier molecular flexibility index (Phi) is 4.77. The molecule has 0 atom stereocenters. The van der Waals surface area contributed by atoms with E-state index in [1.165, 1.54) is 0 Å². The Hall–Kier alpha value is -0.580. The molecule has 0 fully saturated rings. The molecule has 4 heteroatoms. The van der Waals surface area contributed by atoms with Gasteiger partial charge >= 0.3 is 0 Å². The van der Waals surface area contributed by atoms with E-state index in [4.69, 9.17) is 5.11 Å². The molecule has 3 N–H and O–H groups in total. The van der Waals surface area contributed by atoms with Crippen LogP contribution < -0.4 is 5.32 Å². The largest absolute Gasteiger partial charge is 0.506 e. The number of nitrogens with one attached hydrogen (secondary N) is 1. The zero-order valence-electron chi connectivity index (χ0n) is 9.63. The fourth-order valence-electron chi connectivity index (χ4n) is 1.41. The minimum absolute atomic E-state index is 0.135. The number of hydrogen-bond acceptors (Lipinski definition) is 3. The van der Waals surface area contributed by atoms with Crippen LogP contribution in [0.4, 0.5) is 0 Å². The van der Waals surface area contributed by atoms with Gasteiger partial charge in [0.1, 0.15) is 5.75 Å². The lowest BCUT2D eigenvalue weighted by Gasteiger charge is -2.25. The molecule has 0 amide bonds. The Morgan fingerprint density at radius 2 is 2.06 bits per heavy atom. The van der Waals surface area contributed by atoms with Crippen molar-refractivity contribution in [3.8, 4) is 5.75 Å². The summed E-state index contributed by atoms with van der Waals surface area (Å²) >= 11 is 3.28. The Balaban J connectivity index is 2.64. The van der Waals surface area contributed by atoms with Crippen LogP contribution in [0, 0.1) is 0 Å². The third-order valence-electron chi connectivity index (χ3n) is 2.56. The number of halogens is 1. The van der Waals surface area contributed by atoms with E-state index in [2.05, 4.69) is 21.2 Å². The van der Waals surface area contributed by atoms with Gasteiger partial charge < -0.3 is 15.5 Å². The predicted octanol–water partition coefficient (Wildman–Crippen LogP) is 2.41. The molecule has 1 aromatic rings. The van der Waals surface area contributed by atoms with E-state index in [-0.39, 0.29) is 17.9 Å². The molecule has 3 nitrogen and oxygen atoms in total. The summed E-state index contributed by atoms with van der Waals surface area (Å²) in [5.41, 5.74) is 0.712. The topological polar surface area (TPSA) is 52.5 Å². The van der Waals surface area contributed by atoms with E-state index >= 15 is 0 Å². The number of phenols is 1. The average Bonchev–Trinajstić information content (AvgIpc) is 2.20. The van der Waals surface area contributed by atoms with Gasteiger partial charge in [0.2, 0.25) is 0 Å². The van der Waals surface area contributed by atoms with Gasteiger partial charge in [-0.3, -0.25) is 0 Å². The zero-order chi connectivity index (χ0) is 12.2. The smallest absolute Gasteiger partial charge is 0.134 e. The number of rotatable bonds is 5. The van der Waals surface area contributed by atoms with Crippen LogP contribution in [0.3, 0.4) is 0 Å². The van der Waals surface area contributed by atoms with E-state index in [1.54, 1.807) is 6.07 Å². The van der Waals surface area contributed by atoms with Crippen LogP contribution in [0.15, 0.2) is 22.7 Å². The van der Waals surface area contributed by atoms with Gasteiger partial charge in [-0.05, 0) is 42.3 Å². The molecule has 0 aliphatic rings. The summed E-state index contributed by atoms with van der Waals surface area (Å²) in [7, 11) is 0. The Bertz CT molecular complexity index is 353. The van der Waals surface area contributed by atoms with Gasteiger partial charge in [0.25, 0.3) is 0 Å². The fraction of sp³-hybridized carbons (Fsp3) is 0.500. The summed E-state index contributed by atoms with van der Waals surface area (Å²) in [6.07, 6.45) is 0.682. The maximum atomic E-state index is 9.79. The number of para-hydroxylation sites is 1. The summed E-state index contributed by atoms with van der Waals surface area (Å²) < 4.78 is 0.701. The van der Waals surface area contributed by atoms with Crippen LogP contribution in [-0.4, -0.2) is 22.4 Å². The van der Waals surface area contributed by atoms with Crippen LogP contribution in [0.5, 0.6) is 5.75 Å². The number of aromatic hydroxyl groups is 1. The maximum Gasteiger partial charge on any atom is 0.134 e. The van der Waals surface area contributed by atoms with Crippen LogP contribution in [0.1, 0.15) is 25.8 Å². The van der Waals surface area contributed by atoms with E-state index in [9.17, 15) is 5.11 Å². The first-order valence-electron chi connectivity index (χ1n) is 5.28. The molecule has 0 saturated carbocycles. The van der Waals surface area contributed by atoms with Crippen LogP contribution in [0.2, 0.25) is 0 Å². The van der Waals surface area contributed by atoms with Crippen molar-refractivity contribution in [2.24, 2.45) is 0 Å². The number of benzene rings is 1. The van der Waals surface area contributed by atoms with E-state index in [0.717, 1.165) is 5.56 Å². The second-order valence-corrected chi connectivity index (χ2v) is 5.31. The monoisotopic (exact) mass is 287 g/mol. The highest BCUT2D eigenvalue weighted by atomic mass is 79.9. The standard InChI is InChI=1S/C12H18BrNO2/c1-12(2,6-7-15)14-8-9-4-3-5-10(13)11(9)16/h3-5,14-16H,6-8H2,1-2H3. The Labute approximate surface area is 105 Å². The lowest BCUT2D eigenvalue weighted by atomic mass is 10.0. The molecule has 0 aliphatic heterocycles. The number of hydrogen-bond donors (Lipinski definition) is 3. The molecule has 1 rings (SSSR count). The van der Waals surface area contributed by atoms with Gasteiger partial charge in [0, 0.05) is 24.3 Å². The second-order valence-electron chi connectivity index (χ2n) is 4.46. The average molecular weight is 288 g/mol. The molecular weight excluding hydrogens is 270 g/mol. The fourth-order valence-corrected chi connectivity index (χ4v) is 1.81. The minimum Gasteiger partial charge on any atom is -0.506 e. The van der Waals surface area contributed by atoms with Gasteiger partial charge in [-0.15, -0.1) is 0 Å². The summed E-state index contributed by atoms with van der Waals surface area (Å²) in [4.78, 5) is 0. The van der Waals surface area contributed by atoms with E-state index in [0.29, 0.717) is 17.4 Å². The molecule has 0 aromatic heterocycles. The highest BCUT2D eigenvalue weighted by molar-refractivity contribution is 9.10. The van der Waals surface area contributed by atoms with Gasteiger partial charge in [-0.1, -0.05) is 12.1 Å². The maximum absolute atomic E-state index is 9.79. The second kappa shape index (κ2) is 5.66. The van der Waals surface area contributed by atoms with E-state index in [1.807, 2.05) is 26.0 Å². The predicted molar refractivity (Wildman–Crippen MR) is 68.4 cm³/mol. The van der Waals surface area contributed by atoms with Gasteiger partial charge in [-0.25, -0.2) is 0 Å². The third kappa shape index (κ3) is 3.77. The Morgan fingerprint density at radius 3 is 2.69 bits per heavy atom. The number of phenolic OH excluding ortho intramolecular Hbond substituents is 1.